The Kier molecular flexibility index (Phi) is 5.53. The minimum absolute atomic E-state index is 0.0585. The molecule has 0 saturated carbocycles. The first kappa shape index (κ1) is 16.3. The zero-order valence-corrected chi connectivity index (χ0v) is 11.9. The summed E-state index contributed by atoms with van der Waals surface area (Å²) in [6.45, 7) is 4.43. The molecule has 0 bridgehead atoms. The van der Waals surface area contributed by atoms with Crippen molar-refractivity contribution in [2.45, 2.75) is 13.8 Å². The maximum absolute atomic E-state index is 11.0. The third-order valence-corrected chi connectivity index (χ3v) is 2.26. The Morgan fingerprint density at radius 2 is 2.00 bits per heavy atom. The van der Waals surface area contributed by atoms with E-state index in [1.54, 1.807) is 0 Å². The topological polar surface area (TPSA) is 149 Å². The second-order valence-corrected chi connectivity index (χ2v) is 4.70. The predicted molar refractivity (Wildman–Crippen MR) is 80.8 cm³/mol. The van der Waals surface area contributed by atoms with Gasteiger partial charge >= 0.3 is 5.97 Å². The molecule has 0 aliphatic carbocycles. The van der Waals surface area contributed by atoms with Gasteiger partial charge in [0.1, 0.15) is 11.4 Å². The van der Waals surface area contributed by atoms with Gasteiger partial charge in [0.2, 0.25) is 5.96 Å². The molecule has 0 radical (unpaired) electrons. The van der Waals surface area contributed by atoms with E-state index in [0.717, 1.165) is 0 Å². The van der Waals surface area contributed by atoms with E-state index in [9.17, 15) is 4.79 Å². The Balaban J connectivity index is 3.19. The summed E-state index contributed by atoms with van der Waals surface area (Å²) < 4.78 is 5.57. The van der Waals surface area contributed by atoms with Gasteiger partial charge in [-0.2, -0.15) is 4.99 Å². The van der Waals surface area contributed by atoms with Crippen LogP contribution in [0.25, 0.3) is 0 Å². The van der Waals surface area contributed by atoms with Gasteiger partial charge < -0.3 is 27.0 Å². The fourth-order valence-corrected chi connectivity index (χ4v) is 1.40. The van der Waals surface area contributed by atoms with Gasteiger partial charge in [0.05, 0.1) is 12.2 Å². The highest BCUT2D eigenvalue weighted by atomic mass is 16.5. The van der Waals surface area contributed by atoms with Crippen LogP contribution in [-0.4, -0.2) is 29.6 Å². The van der Waals surface area contributed by atoms with Gasteiger partial charge in [-0.25, -0.2) is 9.79 Å². The Morgan fingerprint density at radius 3 is 2.52 bits per heavy atom. The van der Waals surface area contributed by atoms with Gasteiger partial charge in [0, 0.05) is 0 Å². The summed E-state index contributed by atoms with van der Waals surface area (Å²) in [6, 6.07) is 4.29. The van der Waals surface area contributed by atoms with Crippen LogP contribution in [0.15, 0.2) is 28.2 Å². The lowest BCUT2D eigenvalue weighted by Crippen LogP contribution is -2.26. The van der Waals surface area contributed by atoms with Crippen molar-refractivity contribution < 1.29 is 14.6 Å². The molecule has 0 aliphatic rings. The minimum atomic E-state index is -1.08. The molecule has 0 spiro atoms. The summed E-state index contributed by atoms with van der Waals surface area (Å²) in [7, 11) is 0. The van der Waals surface area contributed by atoms with Crippen molar-refractivity contribution in [3.63, 3.8) is 0 Å². The highest BCUT2D eigenvalue weighted by Gasteiger charge is 2.10. The molecule has 7 N–H and O–H groups in total. The molecule has 114 valence electrons. The smallest absolute Gasteiger partial charge is 0.335 e. The SMILES string of the molecule is CC(C)COc1ccc(C(=O)O)cc1N=C(N)N=C(N)N. The highest BCUT2D eigenvalue weighted by molar-refractivity contribution is 5.95. The van der Waals surface area contributed by atoms with Gasteiger partial charge in [0.25, 0.3) is 0 Å². The van der Waals surface area contributed by atoms with Crippen LogP contribution in [0, 0.1) is 5.92 Å². The lowest BCUT2D eigenvalue weighted by molar-refractivity contribution is 0.0697. The van der Waals surface area contributed by atoms with E-state index in [1.807, 2.05) is 13.8 Å². The molecular formula is C13H19N5O3. The first-order valence-corrected chi connectivity index (χ1v) is 6.23. The van der Waals surface area contributed by atoms with Gasteiger partial charge in [-0.3, -0.25) is 0 Å². The minimum Gasteiger partial charge on any atom is -0.491 e. The summed E-state index contributed by atoms with van der Waals surface area (Å²) in [5.74, 6) is -0.803. The molecule has 1 aromatic carbocycles. The Morgan fingerprint density at radius 1 is 1.33 bits per heavy atom. The van der Waals surface area contributed by atoms with Crippen LogP contribution in [0.5, 0.6) is 5.75 Å². The lowest BCUT2D eigenvalue weighted by Gasteiger charge is -2.11. The largest absolute Gasteiger partial charge is 0.491 e. The van der Waals surface area contributed by atoms with E-state index < -0.39 is 5.97 Å². The number of aromatic carboxylic acids is 1. The third-order valence-electron chi connectivity index (χ3n) is 2.26. The van der Waals surface area contributed by atoms with E-state index in [1.165, 1.54) is 18.2 Å². The van der Waals surface area contributed by atoms with Crippen LogP contribution in [0.1, 0.15) is 24.2 Å². The van der Waals surface area contributed by atoms with Crippen LogP contribution in [0.2, 0.25) is 0 Å². The summed E-state index contributed by atoms with van der Waals surface area (Å²) in [5.41, 5.74) is 16.3. The van der Waals surface area contributed by atoms with Crippen molar-refractivity contribution in [3.05, 3.63) is 23.8 Å². The average Bonchev–Trinajstić information content (AvgIpc) is 2.35. The van der Waals surface area contributed by atoms with Crippen molar-refractivity contribution in [3.8, 4) is 5.75 Å². The van der Waals surface area contributed by atoms with Crippen molar-refractivity contribution in [2.24, 2.45) is 33.1 Å². The molecule has 0 aliphatic heterocycles. The molecule has 0 amide bonds. The first-order chi connectivity index (χ1) is 9.79. The molecule has 8 nitrogen and oxygen atoms in total. The van der Waals surface area contributed by atoms with E-state index in [2.05, 4.69) is 9.98 Å². The average molecular weight is 293 g/mol. The molecule has 21 heavy (non-hydrogen) atoms. The number of rotatable bonds is 5. The quantitative estimate of drug-likeness (QED) is 0.462. The number of hydrogen-bond acceptors (Lipinski definition) is 3. The standard InChI is InChI=1S/C13H19N5O3/c1-7(2)6-21-10-4-3-8(11(19)20)5-9(10)17-13(16)18-12(14)15/h3-5,7H,6H2,1-2H3,(H,19,20)(H6,14,15,16,17,18). The lowest BCUT2D eigenvalue weighted by atomic mass is 10.2. The molecule has 1 rings (SSSR count). The molecule has 0 saturated heterocycles. The second-order valence-electron chi connectivity index (χ2n) is 4.70. The fourth-order valence-electron chi connectivity index (χ4n) is 1.40. The molecular weight excluding hydrogens is 274 g/mol. The predicted octanol–water partition coefficient (Wildman–Crippen LogP) is 0.639. The van der Waals surface area contributed by atoms with Crippen molar-refractivity contribution >= 4 is 23.6 Å². The number of hydrogen-bond donors (Lipinski definition) is 4. The number of benzene rings is 1. The summed E-state index contributed by atoms with van der Waals surface area (Å²) in [5, 5.41) is 9.01. The number of nitrogens with two attached hydrogens (primary N) is 3. The number of carboxylic acid groups (broad SMARTS) is 1. The zero-order chi connectivity index (χ0) is 16.0. The summed E-state index contributed by atoms with van der Waals surface area (Å²) in [4.78, 5) is 18.6. The van der Waals surface area contributed by atoms with Crippen LogP contribution in [0.4, 0.5) is 5.69 Å². The van der Waals surface area contributed by atoms with Crippen LogP contribution in [-0.2, 0) is 0 Å². The number of carbonyl (C=O) groups is 1. The van der Waals surface area contributed by atoms with E-state index >= 15 is 0 Å². The van der Waals surface area contributed by atoms with Crippen molar-refractivity contribution in [1.82, 2.24) is 0 Å². The number of carboxylic acids is 1. The van der Waals surface area contributed by atoms with Gasteiger partial charge in [-0.05, 0) is 24.1 Å². The number of aliphatic imine (C=N–C) groups is 2. The normalized spacial score (nSPS) is 11.3. The van der Waals surface area contributed by atoms with Crippen LogP contribution < -0.4 is 21.9 Å². The van der Waals surface area contributed by atoms with E-state index in [0.29, 0.717) is 18.3 Å². The highest BCUT2D eigenvalue weighted by Crippen LogP contribution is 2.29. The third kappa shape index (κ3) is 5.39. The van der Waals surface area contributed by atoms with E-state index in [4.69, 9.17) is 27.0 Å². The van der Waals surface area contributed by atoms with Crippen LogP contribution in [0.3, 0.4) is 0 Å². The van der Waals surface area contributed by atoms with Crippen LogP contribution >= 0.6 is 0 Å². The molecule has 0 heterocycles. The molecule has 0 fully saturated rings. The van der Waals surface area contributed by atoms with Gasteiger partial charge in [-0.15, -0.1) is 0 Å². The molecule has 0 unspecified atom stereocenters. The Bertz CT molecular complexity index is 577. The van der Waals surface area contributed by atoms with Gasteiger partial charge in [0.15, 0.2) is 5.96 Å². The van der Waals surface area contributed by atoms with Crippen molar-refractivity contribution in [1.29, 1.82) is 0 Å². The molecule has 0 aromatic heterocycles. The maximum atomic E-state index is 11.0. The van der Waals surface area contributed by atoms with Crippen molar-refractivity contribution in [2.75, 3.05) is 6.61 Å². The maximum Gasteiger partial charge on any atom is 0.335 e. The molecule has 0 atom stereocenters. The zero-order valence-electron chi connectivity index (χ0n) is 11.9. The second kappa shape index (κ2) is 7.13. The van der Waals surface area contributed by atoms with Gasteiger partial charge in [-0.1, -0.05) is 13.8 Å². The summed E-state index contributed by atoms with van der Waals surface area (Å²) in [6.07, 6.45) is 0. The number of nitrogens with zero attached hydrogens (tertiary/aromatic N) is 2. The number of guanidine groups is 2. The monoisotopic (exact) mass is 293 g/mol. The molecule has 1 aromatic rings. The van der Waals surface area contributed by atoms with E-state index in [-0.39, 0.29) is 23.2 Å². The first-order valence-electron chi connectivity index (χ1n) is 6.23. The Hall–Kier alpha value is -2.77. The summed E-state index contributed by atoms with van der Waals surface area (Å²) >= 11 is 0. The number of ether oxygens (including phenoxy) is 1. The Labute approximate surface area is 122 Å². The molecule has 8 heteroatoms. The fraction of sp³-hybridized carbons (Fsp3) is 0.308.